The van der Waals surface area contributed by atoms with Gasteiger partial charge in [0.15, 0.2) is 0 Å². The molecule has 0 aliphatic carbocycles. The molecule has 0 heterocycles. The zero-order valence-corrected chi connectivity index (χ0v) is 8.86. The first-order valence-corrected chi connectivity index (χ1v) is 4.50. The third-order valence-electron chi connectivity index (χ3n) is 1.52. The Bertz CT molecular complexity index is 232. The third kappa shape index (κ3) is 7.31. The number of rotatable bonds is 2. The van der Waals surface area contributed by atoms with Gasteiger partial charge in [-0.3, -0.25) is 0 Å². The van der Waals surface area contributed by atoms with Gasteiger partial charge in [-0.25, -0.2) is 4.79 Å². The fourth-order valence-electron chi connectivity index (χ4n) is 0.581. The van der Waals surface area contributed by atoms with Crippen molar-refractivity contribution in [3.63, 3.8) is 0 Å². The molecule has 1 aromatic rings. The average Bonchev–Trinajstić information content (AvgIpc) is 2.19. The number of hydrogen-bond donors (Lipinski definition) is 2. The van der Waals surface area contributed by atoms with Crippen LogP contribution in [0, 0.1) is 0 Å². The van der Waals surface area contributed by atoms with E-state index in [4.69, 9.17) is 5.11 Å². The molecule has 0 aliphatic rings. The van der Waals surface area contributed by atoms with Crippen molar-refractivity contribution >= 4 is 5.97 Å². The summed E-state index contributed by atoms with van der Waals surface area (Å²) < 4.78 is 0. The zero-order valence-electron chi connectivity index (χ0n) is 8.86. The lowest BCUT2D eigenvalue weighted by Crippen LogP contribution is -1.93. The van der Waals surface area contributed by atoms with Crippen molar-refractivity contribution in [1.82, 2.24) is 6.15 Å². The molecule has 80 valence electrons. The second-order valence-corrected chi connectivity index (χ2v) is 2.67. The second kappa shape index (κ2) is 9.74. The minimum atomic E-state index is -0.879. The van der Waals surface area contributed by atoms with Crippen LogP contribution in [-0.4, -0.2) is 11.1 Å². The predicted octanol–water partition coefficient (Wildman–Crippen LogP) is 3.35. The van der Waals surface area contributed by atoms with Crippen molar-refractivity contribution in [2.45, 2.75) is 26.7 Å². The summed E-state index contributed by atoms with van der Waals surface area (Å²) in [4.78, 5) is 10.2. The molecule has 0 radical (unpaired) electrons. The lowest BCUT2D eigenvalue weighted by molar-refractivity contribution is 0.0697. The van der Waals surface area contributed by atoms with Gasteiger partial charge in [0.2, 0.25) is 0 Å². The summed E-state index contributed by atoms with van der Waals surface area (Å²) >= 11 is 0. The van der Waals surface area contributed by atoms with Gasteiger partial charge in [-0.15, -0.1) is 0 Å². The average molecular weight is 197 g/mol. The van der Waals surface area contributed by atoms with Gasteiger partial charge in [-0.2, -0.15) is 0 Å². The quantitative estimate of drug-likeness (QED) is 0.763. The zero-order chi connectivity index (χ0) is 10.1. The van der Waals surface area contributed by atoms with E-state index in [9.17, 15) is 4.79 Å². The highest BCUT2D eigenvalue weighted by molar-refractivity contribution is 5.87. The number of hydrogen-bond acceptors (Lipinski definition) is 2. The van der Waals surface area contributed by atoms with Crippen LogP contribution < -0.4 is 6.15 Å². The maximum absolute atomic E-state index is 10.2. The van der Waals surface area contributed by atoms with Crippen LogP contribution in [0.4, 0.5) is 0 Å². The molecule has 14 heavy (non-hydrogen) atoms. The number of carboxylic acid groups (broad SMARTS) is 1. The molecule has 0 atom stereocenters. The number of aromatic carboxylic acids is 1. The lowest BCUT2D eigenvalue weighted by atomic mass is 10.2. The predicted molar refractivity (Wildman–Crippen MR) is 59.0 cm³/mol. The lowest BCUT2D eigenvalue weighted by Gasteiger charge is -1.88. The van der Waals surface area contributed by atoms with E-state index in [-0.39, 0.29) is 6.15 Å². The number of carbonyl (C=O) groups is 1. The maximum Gasteiger partial charge on any atom is 0.335 e. The molecule has 0 aromatic heterocycles. The third-order valence-corrected chi connectivity index (χ3v) is 1.52. The fourth-order valence-corrected chi connectivity index (χ4v) is 0.581. The van der Waals surface area contributed by atoms with E-state index in [2.05, 4.69) is 13.8 Å². The topological polar surface area (TPSA) is 72.3 Å². The highest BCUT2D eigenvalue weighted by atomic mass is 16.4. The smallest absolute Gasteiger partial charge is 0.335 e. The van der Waals surface area contributed by atoms with Gasteiger partial charge in [-0.1, -0.05) is 44.9 Å². The Morgan fingerprint density at radius 3 is 1.79 bits per heavy atom. The van der Waals surface area contributed by atoms with Crippen LogP contribution in [0.3, 0.4) is 0 Å². The normalized spacial score (nSPS) is 7.86. The molecule has 0 saturated carbocycles. The van der Waals surface area contributed by atoms with Crippen LogP contribution in [0.5, 0.6) is 0 Å². The first-order chi connectivity index (χ1) is 6.22. The summed E-state index contributed by atoms with van der Waals surface area (Å²) in [5.41, 5.74) is 0.331. The van der Waals surface area contributed by atoms with Gasteiger partial charge in [-0.05, 0) is 12.1 Å². The van der Waals surface area contributed by atoms with Crippen molar-refractivity contribution < 1.29 is 9.90 Å². The van der Waals surface area contributed by atoms with E-state index < -0.39 is 5.97 Å². The molecule has 0 unspecified atom stereocenters. The summed E-state index contributed by atoms with van der Waals surface area (Å²) in [5, 5.41) is 8.38. The van der Waals surface area contributed by atoms with E-state index in [1.807, 2.05) is 0 Å². The van der Waals surface area contributed by atoms with E-state index in [1.165, 1.54) is 12.8 Å². The number of carboxylic acids is 1. The molecular weight excluding hydrogens is 178 g/mol. The largest absolute Gasteiger partial charge is 0.478 e. The Balaban J connectivity index is 0. The van der Waals surface area contributed by atoms with E-state index in [0.29, 0.717) is 5.56 Å². The summed E-state index contributed by atoms with van der Waals surface area (Å²) in [6.45, 7) is 4.36. The minimum Gasteiger partial charge on any atom is -0.478 e. The Morgan fingerprint density at radius 1 is 1.14 bits per heavy atom. The van der Waals surface area contributed by atoms with Crippen molar-refractivity contribution in [3.8, 4) is 0 Å². The molecule has 0 bridgehead atoms. The highest BCUT2D eigenvalue weighted by Crippen LogP contribution is 1.96. The van der Waals surface area contributed by atoms with Gasteiger partial charge in [0.25, 0.3) is 0 Å². The molecule has 1 rings (SSSR count). The maximum atomic E-state index is 10.2. The molecule has 0 saturated heterocycles. The molecule has 0 aliphatic heterocycles. The Hall–Kier alpha value is -1.35. The summed E-state index contributed by atoms with van der Waals surface area (Å²) in [6.07, 6.45) is 2.64. The molecule has 0 fully saturated rings. The Kier molecular flexibility index (Phi) is 10.5. The van der Waals surface area contributed by atoms with Crippen LogP contribution in [0.25, 0.3) is 0 Å². The van der Waals surface area contributed by atoms with Crippen molar-refractivity contribution in [3.05, 3.63) is 35.9 Å². The molecule has 0 amide bonds. The first kappa shape index (κ1) is 15.1. The Labute approximate surface area is 85.4 Å². The molecule has 3 nitrogen and oxygen atoms in total. The number of benzene rings is 1. The monoisotopic (exact) mass is 197 g/mol. The van der Waals surface area contributed by atoms with Gasteiger partial charge in [0, 0.05) is 0 Å². The van der Waals surface area contributed by atoms with Gasteiger partial charge >= 0.3 is 5.97 Å². The van der Waals surface area contributed by atoms with Crippen LogP contribution in [0.2, 0.25) is 0 Å². The standard InChI is InChI=1S/C7H6O2.C4H10.H3N/c8-7(9)6-4-2-1-3-5-6;1-3-4-2;/h1-5H,(H,8,9);3-4H2,1-2H3;1H3. The van der Waals surface area contributed by atoms with Gasteiger partial charge < -0.3 is 11.3 Å². The number of unbranched alkanes of at least 4 members (excludes halogenated alkanes) is 1. The van der Waals surface area contributed by atoms with Crippen LogP contribution in [0.15, 0.2) is 30.3 Å². The highest BCUT2D eigenvalue weighted by Gasteiger charge is 1.96. The second-order valence-electron chi connectivity index (χ2n) is 2.67. The SMILES string of the molecule is CCCC.N.O=C(O)c1ccccc1. The summed E-state index contributed by atoms with van der Waals surface area (Å²) in [6, 6.07) is 8.30. The Morgan fingerprint density at radius 2 is 1.57 bits per heavy atom. The fraction of sp³-hybridized carbons (Fsp3) is 0.364. The van der Waals surface area contributed by atoms with E-state index in [0.717, 1.165) is 0 Å². The first-order valence-electron chi connectivity index (χ1n) is 4.50. The molecular formula is C11H19NO2. The van der Waals surface area contributed by atoms with Crippen molar-refractivity contribution in [1.29, 1.82) is 0 Å². The van der Waals surface area contributed by atoms with Gasteiger partial charge in [0.1, 0.15) is 0 Å². The molecule has 1 aromatic carbocycles. The molecule has 0 spiro atoms. The van der Waals surface area contributed by atoms with Crippen molar-refractivity contribution in [2.24, 2.45) is 0 Å². The van der Waals surface area contributed by atoms with E-state index >= 15 is 0 Å². The summed E-state index contributed by atoms with van der Waals surface area (Å²) in [5.74, 6) is -0.879. The van der Waals surface area contributed by atoms with Crippen LogP contribution in [0.1, 0.15) is 37.0 Å². The van der Waals surface area contributed by atoms with Crippen LogP contribution >= 0.6 is 0 Å². The van der Waals surface area contributed by atoms with Crippen molar-refractivity contribution in [2.75, 3.05) is 0 Å². The molecule has 3 heteroatoms. The minimum absolute atomic E-state index is 0. The van der Waals surface area contributed by atoms with E-state index in [1.54, 1.807) is 30.3 Å². The van der Waals surface area contributed by atoms with Gasteiger partial charge in [0.05, 0.1) is 5.56 Å². The summed E-state index contributed by atoms with van der Waals surface area (Å²) in [7, 11) is 0. The van der Waals surface area contributed by atoms with Crippen LogP contribution in [-0.2, 0) is 0 Å². The molecule has 4 N–H and O–H groups in total.